The van der Waals surface area contributed by atoms with Crippen LogP contribution in [-0.4, -0.2) is 78.9 Å². The number of urea groups is 1. The molecular weight excluding hydrogens is 274 g/mol. The van der Waals surface area contributed by atoms with Gasteiger partial charge in [-0.3, -0.25) is 9.69 Å². The Kier molecular flexibility index (Phi) is 5.81. The molecule has 21 heavy (non-hydrogen) atoms. The SMILES string of the molecule is COC1CCCC1NC(=O)N1CCCN(CC(=O)O)CC1. The predicted molar refractivity (Wildman–Crippen MR) is 77.2 cm³/mol. The first-order valence-corrected chi connectivity index (χ1v) is 7.62. The van der Waals surface area contributed by atoms with Crippen LogP contribution >= 0.6 is 0 Å². The average Bonchev–Trinajstić information content (AvgIpc) is 2.75. The molecule has 2 unspecified atom stereocenters. The molecule has 0 aromatic rings. The molecule has 2 aliphatic rings. The van der Waals surface area contributed by atoms with Crippen LogP contribution < -0.4 is 5.32 Å². The summed E-state index contributed by atoms with van der Waals surface area (Å²) in [6.07, 6.45) is 3.95. The summed E-state index contributed by atoms with van der Waals surface area (Å²) in [5, 5.41) is 11.9. The smallest absolute Gasteiger partial charge is 0.317 e. The van der Waals surface area contributed by atoms with Gasteiger partial charge in [0.05, 0.1) is 18.7 Å². The molecule has 1 aliphatic heterocycles. The van der Waals surface area contributed by atoms with E-state index in [0.717, 1.165) is 32.2 Å². The summed E-state index contributed by atoms with van der Waals surface area (Å²) >= 11 is 0. The van der Waals surface area contributed by atoms with E-state index in [1.807, 2.05) is 4.90 Å². The van der Waals surface area contributed by atoms with Gasteiger partial charge in [0.25, 0.3) is 0 Å². The number of carboxylic acid groups (broad SMARTS) is 1. The Bertz CT molecular complexity index is 377. The summed E-state index contributed by atoms with van der Waals surface area (Å²) in [7, 11) is 1.69. The highest BCUT2D eigenvalue weighted by Gasteiger charge is 2.30. The number of amides is 2. The number of hydrogen-bond acceptors (Lipinski definition) is 4. The summed E-state index contributed by atoms with van der Waals surface area (Å²) in [5.41, 5.74) is 0. The van der Waals surface area contributed by atoms with Crippen LogP contribution in [0, 0.1) is 0 Å². The van der Waals surface area contributed by atoms with E-state index in [1.165, 1.54) is 0 Å². The number of methoxy groups -OCH3 is 1. The molecule has 0 aromatic heterocycles. The highest BCUT2D eigenvalue weighted by molar-refractivity contribution is 5.74. The van der Waals surface area contributed by atoms with Crippen LogP contribution in [0.15, 0.2) is 0 Å². The van der Waals surface area contributed by atoms with Gasteiger partial charge < -0.3 is 20.1 Å². The van der Waals surface area contributed by atoms with Crippen molar-refractivity contribution < 1.29 is 19.4 Å². The molecule has 2 atom stereocenters. The molecule has 1 saturated carbocycles. The van der Waals surface area contributed by atoms with E-state index < -0.39 is 5.97 Å². The zero-order chi connectivity index (χ0) is 15.2. The van der Waals surface area contributed by atoms with Crippen molar-refractivity contribution in [1.29, 1.82) is 0 Å². The fraction of sp³-hybridized carbons (Fsp3) is 0.857. The molecule has 1 aliphatic carbocycles. The first-order chi connectivity index (χ1) is 10.1. The van der Waals surface area contributed by atoms with Gasteiger partial charge in [0, 0.05) is 33.3 Å². The van der Waals surface area contributed by atoms with Crippen LogP contribution in [0.25, 0.3) is 0 Å². The van der Waals surface area contributed by atoms with Gasteiger partial charge in [0.15, 0.2) is 0 Å². The van der Waals surface area contributed by atoms with Crippen molar-refractivity contribution in [3.05, 3.63) is 0 Å². The molecule has 1 saturated heterocycles. The Hall–Kier alpha value is -1.34. The molecule has 0 aromatic carbocycles. The third-order valence-corrected chi connectivity index (χ3v) is 4.30. The van der Waals surface area contributed by atoms with Crippen LogP contribution in [0.5, 0.6) is 0 Å². The fourth-order valence-electron chi connectivity index (χ4n) is 3.15. The number of nitrogens with zero attached hydrogens (tertiary/aromatic N) is 2. The van der Waals surface area contributed by atoms with Gasteiger partial charge in [-0.15, -0.1) is 0 Å². The molecule has 0 bridgehead atoms. The molecule has 2 N–H and O–H groups in total. The number of carbonyl (C=O) groups excluding carboxylic acids is 1. The zero-order valence-electron chi connectivity index (χ0n) is 12.6. The summed E-state index contributed by atoms with van der Waals surface area (Å²) in [4.78, 5) is 26.7. The minimum Gasteiger partial charge on any atom is -0.480 e. The minimum absolute atomic E-state index is 0.0455. The van der Waals surface area contributed by atoms with Gasteiger partial charge in [-0.25, -0.2) is 4.79 Å². The standard InChI is InChI=1S/C14H25N3O4/c1-21-12-5-2-4-11(12)15-14(20)17-7-3-6-16(8-9-17)10-13(18)19/h11-12H,2-10H2,1H3,(H,15,20)(H,18,19). The van der Waals surface area contributed by atoms with E-state index in [0.29, 0.717) is 19.6 Å². The lowest BCUT2D eigenvalue weighted by Gasteiger charge is -2.26. The van der Waals surface area contributed by atoms with E-state index >= 15 is 0 Å². The molecule has 2 rings (SSSR count). The Morgan fingerprint density at radius 2 is 2.00 bits per heavy atom. The van der Waals surface area contributed by atoms with E-state index in [1.54, 1.807) is 12.0 Å². The van der Waals surface area contributed by atoms with Gasteiger partial charge in [-0.2, -0.15) is 0 Å². The Labute approximate surface area is 125 Å². The second-order valence-electron chi connectivity index (χ2n) is 5.77. The van der Waals surface area contributed by atoms with E-state index in [-0.39, 0.29) is 24.7 Å². The number of nitrogens with one attached hydrogen (secondary N) is 1. The number of hydrogen-bond donors (Lipinski definition) is 2. The molecule has 2 fully saturated rings. The summed E-state index contributed by atoms with van der Waals surface area (Å²) in [5.74, 6) is -0.818. The summed E-state index contributed by atoms with van der Waals surface area (Å²) < 4.78 is 5.39. The Morgan fingerprint density at radius 3 is 2.71 bits per heavy atom. The van der Waals surface area contributed by atoms with Crippen molar-refractivity contribution in [3.8, 4) is 0 Å². The molecule has 0 spiro atoms. The second-order valence-corrected chi connectivity index (χ2v) is 5.77. The van der Waals surface area contributed by atoms with E-state index in [2.05, 4.69) is 5.32 Å². The molecule has 120 valence electrons. The van der Waals surface area contributed by atoms with Gasteiger partial charge >= 0.3 is 12.0 Å². The van der Waals surface area contributed by atoms with Crippen LogP contribution in [-0.2, 0) is 9.53 Å². The van der Waals surface area contributed by atoms with Crippen LogP contribution in [0.3, 0.4) is 0 Å². The maximum Gasteiger partial charge on any atom is 0.317 e. The zero-order valence-corrected chi connectivity index (χ0v) is 12.6. The van der Waals surface area contributed by atoms with E-state index in [9.17, 15) is 9.59 Å². The van der Waals surface area contributed by atoms with E-state index in [4.69, 9.17) is 9.84 Å². The first-order valence-electron chi connectivity index (χ1n) is 7.62. The number of ether oxygens (including phenoxy) is 1. The van der Waals surface area contributed by atoms with Crippen LogP contribution in [0.2, 0.25) is 0 Å². The fourth-order valence-corrected chi connectivity index (χ4v) is 3.15. The van der Waals surface area contributed by atoms with Gasteiger partial charge in [-0.1, -0.05) is 0 Å². The van der Waals surface area contributed by atoms with Crippen molar-refractivity contribution in [2.75, 3.05) is 39.8 Å². The van der Waals surface area contributed by atoms with Gasteiger partial charge in [0.2, 0.25) is 0 Å². The maximum absolute atomic E-state index is 12.3. The van der Waals surface area contributed by atoms with Crippen LogP contribution in [0.4, 0.5) is 4.79 Å². The minimum atomic E-state index is -0.818. The lowest BCUT2D eigenvalue weighted by atomic mass is 10.2. The number of aliphatic carboxylic acids is 1. The van der Waals surface area contributed by atoms with Crippen molar-refractivity contribution in [2.24, 2.45) is 0 Å². The lowest BCUT2D eigenvalue weighted by Crippen LogP contribution is -2.48. The van der Waals surface area contributed by atoms with Gasteiger partial charge in [-0.05, 0) is 25.7 Å². The molecule has 2 amide bonds. The lowest BCUT2D eigenvalue weighted by molar-refractivity contribution is -0.138. The average molecular weight is 299 g/mol. The van der Waals surface area contributed by atoms with Gasteiger partial charge in [0.1, 0.15) is 0 Å². The largest absolute Gasteiger partial charge is 0.480 e. The highest BCUT2D eigenvalue weighted by atomic mass is 16.5. The number of carboxylic acids is 1. The third kappa shape index (κ3) is 4.57. The summed E-state index contributed by atoms with van der Waals surface area (Å²) in [6.45, 7) is 2.62. The Morgan fingerprint density at radius 1 is 1.19 bits per heavy atom. The normalized spacial score (nSPS) is 27.4. The number of carbonyl (C=O) groups is 2. The molecular formula is C14H25N3O4. The molecule has 7 heteroatoms. The maximum atomic E-state index is 12.3. The molecule has 7 nitrogen and oxygen atoms in total. The molecule has 0 radical (unpaired) electrons. The van der Waals surface area contributed by atoms with Crippen molar-refractivity contribution >= 4 is 12.0 Å². The predicted octanol–water partition coefficient (Wildman–Crippen LogP) is 0.356. The number of rotatable bonds is 4. The topological polar surface area (TPSA) is 82.1 Å². The summed E-state index contributed by atoms with van der Waals surface area (Å²) in [6, 6.07) is 0.0435. The third-order valence-electron chi connectivity index (χ3n) is 4.30. The van der Waals surface area contributed by atoms with Crippen LogP contribution in [0.1, 0.15) is 25.7 Å². The first kappa shape index (κ1) is 16.0. The Balaban J connectivity index is 1.81. The van der Waals surface area contributed by atoms with Crippen molar-refractivity contribution in [3.63, 3.8) is 0 Å². The van der Waals surface area contributed by atoms with Crippen molar-refractivity contribution in [1.82, 2.24) is 15.1 Å². The molecule has 1 heterocycles. The second kappa shape index (κ2) is 7.61. The monoisotopic (exact) mass is 299 g/mol. The highest BCUT2D eigenvalue weighted by Crippen LogP contribution is 2.21. The quantitative estimate of drug-likeness (QED) is 0.783. The van der Waals surface area contributed by atoms with Crippen molar-refractivity contribution in [2.45, 2.75) is 37.8 Å².